The van der Waals surface area contributed by atoms with E-state index in [1.54, 1.807) is 24.3 Å². The van der Waals surface area contributed by atoms with Gasteiger partial charge in [0.05, 0.1) is 19.3 Å². The van der Waals surface area contributed by atoms with Crippen LogP contribution < -0.4 is 10.6 Å². The van der Waals surface area contributed by atoms with E-state index in [2.05, 4.69) is 25.6 Å². The lowest BCUT2D eigenvalue weighted by Gasteiger charge is -2.20. The van der Waals surface area contributed by atoms with Gasteiger partial charge in [0.2, 0.25) is 11.8 Å². The molecule has 0 aliphatic carbocycles. The number of hydrogen-bond acceptors (Lipinski definition) is 8. The molecule has 1 atom stereocenters. The molecule has 0 saturated carbocycles. The number of aromatic nitrogens is 3. The molecule has 5 aromatic rings. The lowest BCUT2D eigenvalue weighted by molar-refractivity contribution is -0.111. The monoisotopic (exact) mass is 566 g/mol. The van der Waals surface area contributed by atoms with Crippen LogP contribution in [-0.2, 0) is 16.1 Å². The molecule has 0 spiro atoms. The van der Waals surface area contributed by atoms with Crippen molar-refractivity contribution in [2.24, 2.45) is 0 Å². The average Bonchev–Trinajstić information content (AvgIpc) is 3.43. The summed E-state index contributed by atoms with van der Waals surface area (Å²) in [5.74, 6) is 0.360. The molecular formula is C32H31FN6O3. The number of halogens is 1. The molecule has 42 heavy (non-hydrogen) atoms. The van der Waals surface area contributed by atoms with Crippen molar-refractivity contribution >= 4 is 28.6 Å². The fourth-order valence-electron chi connectivity index (χ4n) is 4.23. The van der Waals surface area contributed by atoms with E-state index in [0.29, 0.717) is 41.8 Å². The predicted molar refractivity (Wildman–Crippen MR) is 160 cm³/mol. The Morgan fingerprint density at radius 2 is 1.86 bits per heavy atom. The van der Waals surface area contributed by atoms with Crippen LogP contribution in [0.25, 0.3) is 22.7 Å². The predicted octanol–water partition coefficient (Wildman–Crippen LogP) is 5.85. The molecule has 10 heteroatoms. The third-order valence-corrected chi connectivity index (χ3v) is 6.29. The van der Waals surface area contributed by atoms with E-state index in [-0.39, 0.29) is 24.4 Å². The molecule has 9 nitrogen and oxygen atoms in total. The van der Waals surface area contributed by atoms with Gasteiger partial charge < -0.3 is 24.7 Å². The van der Waals surface area contributed by atoms with Gasteiger partial charge in [-0.3, -0.25) is 4.79 Å². The Bertz CT molecular complexity index is 1650. The molecule has 5 rings (SSSR count). The minimum atomic E-state index is -0.300. The van der Waals surface area contributed by atoms with E-state index in [0.717, 1.165) is 16.7 Å². The Kier molecular flexibility index (Phi) is 9.27. The number of carbonyl (C=O) groups excluding carboxylic acids is 1. The number of amides is 1. The second kappa shape index (κ2) is 13.6. The van der Waals surface area contributed by atoms with Crippen LogP contribution >= 0.6 is 0 Å². The van der Waals surface area contributed by atoms with E-state index in [1.165, 1.54) is 24.5 Å². The number of likely N-dealkylation sites (N-methyl/N-ethyl adjacent to an activating group) is 1. The van der Waals surface area contributed by atoms with Crippen molar-refractivity contribution in [3.63, 3.8) is 0 Å². The van der Waals surface area contributed by atoms with Crippen LogP contribution in [0, 0.1) is 5.82 Å². The molecule has 214 valence electrons. The fraction of sp³-hybridized carbons (Fsp3) is 0.188. The van der Waals surface area contributed by atoms with Gasteiger partial charge in [-0.1, -0.05) is 48.5 Å². The van der Waals surface area contributed by atoms with Gasteiger partial charge in [-0.25, -0.2) is 14.4 Å². The van der Waals surface area contributed by atoms with Crippen LogP contribution in [0.5, 0.6) is 0 Å². The van der Waals surface area contributed by atoms with Crippen LogP contribution in [-0.4, -0.2) is 53.0 Å². The van der Waals surface area contributed by atoms with Gasteiger partial charge in [-0.05, 0) is 61.6 Å². The number of ether oxygens (including phenoxy) is 1. The van der Waals surface area contributed by atoms with Gasteiger partial charge in [0, 0.05) is 23.9 Å². The molecule has 2 heterocycles. The first-order chi connectivity index (χ1) is 20.4. The van der Waals surface area contributed by atoms with Crippen LogP contribution in [0.3, 0.4) is 0 Å². The standard InChI is InChI=1S/C32H31FN6O3/c1-39(2)17-7-12-28(40)36-26-15-13-24(14-16-26)31-38-29-30(34-21-35-32(29)42-31)37-27(23-9-4-3-5-10-23)20-41-19-22-8-6-11-25(33)18-22/h3-16,18,21,27H,17,19-20H2,1-2H3,(H,36,40)(H,34,35,37)/b12-7+/t27-/m1/s1. The summed E-state index contributed by atoms with van der Waals surface area (Å²) in [4.78, 5) is 27.5. The summed E-state index contributed by atoms with van der Waals surface area (Å²) in [6.07, 6.45) is 4.72. The Morgan fingerprint density at radius 1 is 1.05 bits per heavy atom. The third-order valence-electron chi connectivity index (χ3n) is 6.29. The van der Waals surface area contributed by atoms with Crippen molar-refractivity contribution in [3.05, 3.63) is 114 Å². The minimum Gasteiger partial charge on any atom is -0.417 e. The molecule has 0 aliphatic heterocycles. The smallest absolute Gasteiger partial charge is 0.252 e. The maximum Gasteiger partial charge on any atom is 0.252 e. The number of nitrogens with zero attached hydrogens (tertiary/aromatic N) is 4. The molecule has 3 aromatic carbocycles. The van der Waals surface area contributed by atoms with Crippen molar-refractivity contribution in [1.82, 2.24) is 19.9 Å². The van der Waals surface area contributed by atoms with Crippen molar-refractivity contribution in [2.45, 2.75) is 12.6 Å². The molecule has 2 N–H and O–H groups in total. The maximum absolute atomic E-state index is 13.6. The van der Waals surface area contributed by atoms with Crippen molar-refractivity contribution in [3.8, 4) is 11.5 Å². The summed E-state index contributed by atoms with van der Waals surface area (Å²) in [6.45, 7) is 1.24. The van der Waals surface area contributed by atoms with Gasteiger partial charge >= 0.3 is 0 Å². The van der Waals surface area contributed by atoms with Crippen LogP contribution in [0.2, 0.25) is 0 Å². The van der Waals surface area contributed by atoms with Gasteiger partial charge in [0.1, 0.15) is 12.1 Å². The molecule has 0 fully saturated rings. The van der Waals surface area contributed by atoms with Crippen molar-refractivity contribution < 1.29 is 18.3 Å². The first-order valence-electron chi connectivity index (χ1n) is 13.4. The van der Waals surface area contributed by atoms with Crippen molar-refractivity contribution in [1.29, 1.82) is 0 Å². The highest BCUT2D eigenvalue weighted by Gasteiger charge is 2.18. The number of carbonyl (C=O) groups is 1. The highest BCUT2D eigenvalue weighted by Crippen LogP contribution is 2.29. The average molecular weight is 567 g/mol. The summed E-state index contributed by atoms with van der Waals surface area (Å²) in [6, 6.07) is 23.1. The summed E-state index contributed by atoms with van der Waals surface area (Å²) >= 11 is 0. The number of hydrogen-bond donors (Lipinski definition) is 2. The summed E-state index contributed by atoms with van der Waals surface area (Å²) < 4.78 is 25.5. The fourth-order valence-corrected chi connectivity index (χ4v) is 4.23. The summed E-state index contributed by atoms with van der Waals surface area (Å²) in [5, 5.41) is 6.26. The highest BCUT2D eigenvalue weighted by atomic mass is 19.1. The quantitative estimate of drug-likeness (QED) is 0.181. The van der Waals surface area contributed by atoms with Crippen LogP contribution in [0.15, 0.2) is 102 Å². The Hall–Kier alpha value is -4.93. The van der Waals surface area contributed by atoms with Gasteiger partial charge in [-0.2, -0.15) is 4.98 Å². The molecule has 1 amide bonds. The first-order valence-corrected chi connectivity index (χ1v) is 13.4. The van der Waals surface area contributed by atoms with E-state index in [1.807, 2.05) is 67.5 Å². The Balaban J connectivity index is 1.31. The molecular weight excluding hydrogens is 535 g/mol. The largest absolute Gasteiger partial charge is 0.417 e. The first kappa shape index (κ1) is 28.6. The molecule has 0 saturated heterocycles. The second-order valence-corrected chi connectivity index (χ2v) is 9.88. The zero-order chi connectivity index (χ0) is 29.3. The maximum atomic E-state index is 13.6. The van der Waals surface area contributed by atoms with Gasteiger partial charge in [0.15, 0.2) is 11.3 Å². The number of anilines is 2. The number of benzene rings is 3. The van der Waals surface area contributed by atoms with Crippen LogP contribution in [0.4, 0.5) is 15.9 Å². The number of nitrogens with one attached hydrogen (secondary N) is 2. The Labute approximate surface area is 243 Å². The lowest BCUT2D eigenvalue weighted by Crippen LogP contribution is -2.18. The number of oxazole rings is 1. The van der Waals surface area contributed by atoms with Crippen LogP contribution in [0.1, 0.15) is 17.2 Å². The van der Waals surface area contributed by atoms with Gasteiger partial charge in [-0.15, -0.1) is 0 Å². The molecule has 2 aromatic heterocycles. The van der Waals surface area contributed by atoms with Crippen molar-refractivity contribution in [2.75, 3.05) is 37.9 Å². The second-order valence-electron chi connectivity index (χ2n) is 9.88. The minimum absolute atomic E-state index is 0.203. The highest BCUT2D eigenvalue weighted by molar-refractivity contribution is 5.99. The lowest BCUT2D eigenvalue weighted by atomic mass is 10.1. The summed E-state index contributed by atoms with van der Waals surface area (Å²) in [7, 11) is 3.87. The Morgan fingerprint density at radius 3 is 2.62 bits per heavy atom. The number of fused-ring (bicyclic) bond motifs is 1. The van der Waals surface area contributed by atoms with E-state index < -0.39 is 0 Å². The normalized spacial score (nSPS) is 12.2. The molecule has 0 unspecified atom stereocenters. The molecule has 0 radical (unpaired) electrons. The summed E-state index contributed by atoms with van der Waals surface area (Å²) in [5.41, 5.74) is 3.92. The third kappa shape index (κ3) is 7.62. The zero-order valence-electron chi connectivity index (χ0n) is 23.3. The molecule has 0 aliphatic rings. The topological polar surface area (TPSA) is 105 Å². The van der Waals surface area contributed by atoms with E-state index in [9.17, 15) is 9.18 Å². The number of rotatable bonds is 12. The van der Waals surface area contributed by atoms with E-state index in [4.69, 9.17) is 9.15 Å². The molecule has 0 bridgehead atoms. The SMILES string of the molecule is CN(C)C/C=C/C(=O)Nc1ccc(-c2nc3c(N[C@H](COCc4cccc(F)c4)c4ccccc4)ncnc3o2)cc1. The van der Waals surface area contributed by atoms with E-state index >= 15 is 0 Å². The zero-order valence-corrected chi connectivity index (χ0v) is 23.3. The van der Waals surface area contributed by atoms with Gasteiger partial charge in [0.25, 0.3) is 5.71 Å².